The van der Waals surface area contributed by atoms with E-state index in [2.05, 4.69) is 9.69 Å². The van der Waals surface area contributed by atoms with Gasteiger partial charge in [0.25, 0.3) is 0 Å². The second-order valence-corrected chi connectivity index (χ2v) is 1.52. The molecule has 0 amide bonds. The Morgan fingerprint density at radius 3 is 2.83 bits per heavy atom. The maximum atomic E-state index is 4.65. The molecular weight excluding hydrogens is 78.8 g/mol. The molecule has 2 nitrogen and oxygen atoms in total. The van der Waals surface area contributed by atoms with Gasteiger partial charge in [0.15, 0.2) is 0 Å². The van der Waals surface area contributed by atoms with Crippen LogP contribution < -0.4 is 0 Å². The highest BCUT2D eigenvalue weighted by Gasteiger charge is 2.11. The summed E-state index contributed by atoms with van der Waals surface area (Å²) in [6.45, 7) is 1.99. The smallest absolute Gasteiger partial charge is 0.309 e. The summed E-state index contributed by atoms with van der Waals surface area (Å²) in [5.41, 5.74) is 0. The summed E-state index contributed by atoms with van der Waals surface area (Å²) in [6, 6.07) is 0. The molecule has 0 aliphatic carbocycles. The fourth-order valence-corrected chi connectivity index (χ4v) is 0.426. The van der Waals surface area contributed by atoms with Gasteiger partial charge >= 0.3 is 7.48 Å². The molecule has 0 aromatic heterocycles. The van der Waals surface area contributed by atoms with Crippen molar-refractivity contribution < 1.29 is 9.69 Å². The van der Waals surface area contributed by atoms with Crippen molar-refractivity contribution in [1.29, 1.82) is 0 Å². The van der Waals surface area contributed by atoms with E-state index in [1.165, 1.54) is 0 Å². The molecular formula is C3H7BO2. The molecule has 1 rings (SSSR count). The van der Waals surface area contributed by atoms with Crippen LogP contribution in [0.2, 0.25) is 6.32 Å². The molecule has 1 fully saturated rings. The summed E-state index contributed by atoms with van der Waals surface area (Å²) < 4.78 is 0. The molecule has 0 aromatic carbocycles. The van der Waals surface area contributed by atoms with Gasteiger partial charge in [-0.2, -0.15) is 0 Å². The molecule has 0 radical (unpaired) electrons. The van der Waals surface area contributed by atoms with Crippen LogP contribution in [0.25, 0.3) is 0 Å². The van der Waals surface area contributed by atoms with E-state index in [0.29, 0.717) is 6.10 Å². The Bertz CT molecular complexity index is 42.1. The molecule has 1 atom stereocenters. The van der Waals surface area contributed by atoms with Gasteiger partial charge in [0.2, 0.25) is 0 Å². The Hall–Kier alpha value is -0.0151. The molecule has 1 aliphatic rings. The molecule has 0 spiro atoms. The molecule has 0 saturated carbocycles. The third kappa shape index (κ3) is 0.728. The van der Waals surface area contributed by atoms with E-state index >= 15 is 0 Å². The van der Waals surface area contributed by atoms with E-state index in [0.717, 1.165) is 13.8 Å². The molecule has 3 heteroatoms. The molecule has 1 unspecified atom stereocenters. The van der Waals surface area contributed by atoms with E-state index in [-0.39, 0.29) is 0 Å². The van der Waals surface area contributed by atoms with Gasteiger partial charge in [-0.25, -0.2) is 0 Å². The van der Waals surface area contributed by atoms with Crippen molar-refractivity contribution in [1.82, 2.24) is 0 Å². The summed E-state index contributed by atoms with van der Waals surface area (Å²) >= 11 is 0. The molecule has 0 N–H and O–H groups in total. The van der Waals surface area contributed by atoms with Crippen LogP contribution in [0, 0.1) is 0 Å². The Balaban J connectivity index is 2.18. The van der Waals surface area contributed by atoms with E-state index in [1.807, 2.05) is 6.92 Å². The largest absolute Gasteiger partial charge is 0.326 e. The molecule has 1 aliphatic heterocycles. The summed E-state index contributed by atoms with van der Waals surface area (Å²) in [5.74, 6) is 0. The molecule has 1 saturated heterocycles. The molecule has 6 heavy (non-hydrogen) atoms. The predicted octanol–water partition coefficient (Wildman–Crippen LogP) is 0.106. The monoisotopic (exact) mass is 86.1 g/mol. The average Bonchev–Trinajstić information content (AvgIpc) is 1.86. The van der Waals surface area contributed by atoms with Crippen molar-refractivity contribution in [2.45, 2.75) is 19.3 Å². The van der Waals surface area contributed by atoms with E-state index < -0.39 is 0 Å². The Labute approximate surface area is 37.6 Å². The van der Waals surface area contributed by atoms with Crippen LogP contribution in [0.5, 0.6) is 0 Å². The second kappa shape index (κ2) is 1.62. The quantitative estimate of drug-likeness (QED) is 0.307. The molecule has 1 heterocycles. The van der Waals surface area contributed by atoms with Gasteiger partial charge in [-0.3, -0.25) is 4.89 Å². The van der Waals surface area contributed by atoms with Gasteiger partial charge < -0.3 is 4.81 Å². The first-order valence-corrected chi connectivity index (χ1v) is 2.18. The Morgan fingerprint density at radius 2 is 2.67 bits per heavy atom. The maximum absolute atomic E-state index is 4.65. The summed E-state index contributed by atoms with van der Waals surface area (Å²) in [6.07, 6.45) is 1.37. The minimum absolute atomic E-state index is 0.324. The zero-order valence-corrected chi connectivity index (χ0v) is 3.81. The lowest BCUT2D eigenvalue weighted by molar-refractivity contribution is -0.212. The van der Waals surface area contributed by atoms with Gasteiger partial charge in [-0.1, -0.05) is 0 Å². The zero-order valence-electron chi connectivity index (χ0n) is 3.81. The van der Waals surface area contributed by atoms with Crippen LogP contribution in [0.1, 0.15) is 6.92 Å². The highest BCUT2D eigenvalue weighted by molar-refractivity contribution is 6.27. The first-order valence-electron chi connectivity index (χ1n) is 2.18. The number of hydrogen-bond donors (Lipinski definition) is 0. The van der Waals surface area contributed by atoms with Gasteiger partial charge in [0.1, 0.15) is 0 Å². The predicted molar refractivity (Wildman–Crippen MR) is 23.6 cm³/mol. The van der Waals surface area contributed by atoms with Crippen LogP contribution in [0.4, 0.5) is 0 Å². The third-order valence-electron chi connectivity index (χ3n) is 0.840. The molecule has 34 valence electrons. The Kier molecular flexibility index (Phi) is 1.12. The second-order valence-electron chi connectivity index (χ2n) is 1.52. The van der Waals surface area contributed by atoms with Crippen LogP contribution in [-0.2, 0) is 9.69 Å². The molecule has 0 aromatic rings. The summed E-state index contributed by atoms with van der Waals surface area (Å²) in [5, 5.41) is 0. The summed E-state index contributed by atoms with van der Waals surface area (Å²) in [7, 11) is 0.765. The van der Waals surface area contributed by atoms with Crippen molar-refractivity contribution in [2.24, 2.45) is 0 Å². The third-order valence-corrected chi connectivity index (χ3v) is 0.840. The van der Waals surface area contributed by atoms with Crippen LogP contribution >= 0.6 is 0 Å². The fourth-order valence-electron chi connectivity index (χ4n) is 0.426. The van der Waals surface area contributed by atoms with Crippen molar-refractivity contribution in [3.8, 4) is 0 Å². The lowest BCUT2D eigenvalue weighted by Gasteiger charge is -1.92. The minimum atomic E-state index is 0.324. The Morgan fingerprint density at radius 1 is 1.83 bits per heavy atom. The highest BCUT2D eigenvalue weighted by Crippen LogP contribution is 2.04. The van der Waals surface area contributed by atoms with Crippen molar-refractivity contribution in [2.75, 3.05) is 0 Å². The van der Waals surface area contributed by atoms with Gasteiger partial charge in [-0.15, -0.1) is 0 Å². The first-order chi connectivity index (χ1) is 2.89. The van der Waals surface area contributed by atoms with Gasteiger partial charge in [0, 0.05) is 0 Å². The van der Waals surface area contributed by atoms with Crippen LogP contribution in [0.3, 0.4) is 0 Å². The maximum Gasteiger partial charge on any atom is 0.326 e. The topological polar surface area (TPSA) is 18.5 Å². The zero-order chi connectivity index (χ0) is 4.41. The van der Waals surface area contributed by atoms with E-state index in [1.54, 1.807) is 0 Å². The average molecular weight is 85.9 g/mol. The highest BCUT2D eigenvalue weighted by atomic mass is 17.2. The molecule has 0 bridgehead atoms. The van der Waals surface area contributed by atoms with Crippen molar-refractivity contribution >= 4 is 7.48 Å². The lowest BCUT2D eigenvalue weighted by atomic mass is 9.94. The van der Waals surface area contributed by atoms with Crippen molar-refractivity contribution in [3.63, 3.8) is 0 Å². The number of rotatable bonds is 0. The van der Waals surface area contributed by atoms with E-state index in [9.17, 15) is 0 Å². The lowest BCUT2D eigenvalue weighted by Crippen LogP contribution is -1.92. The SMILES string of the molecule is CC1CBOO1. The van der Waals surface area contributed by atoms with Gasteiger partial charge in [-0.05, 0) is 13.2 Å². The summed E-state index contributed by atoms with van der Waals surface area (Å²) in [4.78, 5) is 9.21. The fraction of sp³-hybridized carbons (Fsp3) is 1.00. The van der Waals surface area contributed by atoms with E-state index in [4.69, 9.17) is 0 Å². The van der Waals surface area contributed by atoms with Crippen molar-refractivity contribution in [3.05, 3.63) is 0 Å². The number of hydrogen-bond acceptors (Lipinski definition) is 2. The van der Waals surface area contributed by atoms with Crippen LogP contribution in [0.15, 0.2) is 0 Å². The normalized spacial score (nSPS) is 33.2. The first kappa shape index (κ1) is 4.15. The minimum Gasteiger partial charge on any atom is -0.309 e. The standard InChI is InChI=1S/C3H7BO2/c1-3-2-4-6-5-3/h3-4H,2H2,1H3. The van der Waals surface area contributed by atoms with Crippen LogP contribution in [-0.4, -0.2) is 13.6 Å². The van der Waals surface area contributed by atoms with Gasteiger partial charge in [0.05, 0.1) is 6.10 Å².